The maximum Gasteiger partial charge on any atom is 0.323 e. The van der Waals surface area contributed by atoms with Crippen LogP contribution in [0.1, 0.15) is 51.7 Å². The summed E-state index contributed by atoms with van der Waals surface area (Å²) in [5.74, 6) is -0.204. The molecule has 2 aromatic carbocycles. The van der Waals surface area contributed by atoms with Gasteiger partial charge in [-0.05, 0) is 48.6 Å². The molecule has 2 heterocycles. The number of nitrogens with one attached hydrogen (secondary N) is 3. The van der Waals surface area contributed by atoms with Crippen molar-refractivity contribution in [2.45, 2.75) is 78.0 Å². The van der Waals surface area contributed by atoms with Crippen molar-refractivity contribution in [1.29, 1.82) is 0 Å². The van der Waals surface area contributed by atoms with E-state index in [0.29, 0.717) is 29.6 Å². The fourth-order valence-electron chi connectivity index (χ4n) is 5.38. The molecule has 14 nitrogen and oxygen atoms in total. The van der Waals surface area contributed by atoms with Crippen molar-refractivity contribution in [3.05, 3.63) is 78.1 Å². The Morgan fingerprint density at radius 3 is 1.90 bits per heavy atom. The van der Waals surface area contributed by atoms with E-state index < -0.39 is 31.5 Å². The number of aromatic nitrogens is 4. The van der Waals surface area contributed by atoms with Crippen molar-refractivity contribution in [3.63, 3.8) is 0 Å². The summed E-state index contributed by atoms with van der Waals surface area (Å²) in [6.07, 6.45) is 3.80. The highest BCUT2D eigenvalue weighted by Crippen LogP contribution is 2.39. The van der Waals surface area contributed by atoms with E-state index in [0.717, 1.165) is 24.0 Å². The van der Waals surface area contributed by atoms with Gasteiger partial charge in [0.2, 0.25) is 13.4 Å². The third-order valence-electron chi connectivity index (χ3n) is 8.13. The SMILES string of the molecule is CC(C)COC(=O)[C@H](Cc1ccccc1)NP(=O)(COCCn1cnc2c(NC3CC3)nc(N)nc21)N[C@@H](Cc1ccccc1)C(=O)OCC(C)C. The molecule has 1 saturated carbocycles. The van der Waals surface area contributed by atoms with Crippen molar-refractivity contribution < 1.29 is 28.4 Å². The van der Waals surface area contributed by atoms with Gasteiger partial charge in [0.05, 0.1) is 26.1 Å². The molecule has 5 N–H and O–H groups in total. The minimum atomic E-state index is -3.89. The van der Waals surface area contributed by atoms with Crippen LogP contribution in [0, 0.1) is 11.8 Å². The molecule has 52 heavy (non-hydrogen) atoms. The number of carbonyl (C=O) groups is 2. The lowest BCUT2D eigenvalue weighted by Crippen LogP contribution is -2.46. The maximum atomic E-state index is 15.0. The lowest BCUT2D eigenvalue weighted by Gasteiger charge is -2.29. The first-order valence-electron chi connectivity index (χ1n) is 17.9. The van der Waals surface area contributed by atoms with Crippen LogP contribution in [0.2, 0.25) is 0 Å². The highest BCUT2D eigenvalue weighted by Gasteiger charge is 2.36. The molecule has 0 bridgehead atoms. The maximum absolute atomic E-state index is 15.0. The van der Waals surface area contributed by atoms with Gasteiger partial charge in [0.25, 0.3) is 0 Å². The molecule has 0 amide bonds. The fourth-order valence-corrected chi connectivity index (χ4v) is 7.39. The summed E-state index contributed by atoms with van der Waals surface area (Å²) in [6.45, 7) is 8.58. The first-order valence-corrected chi connectivity index (χ1v) is 19.8. The molecule has 1 fully saturated rings. The number of fused-ring (bicyclic) bond motifs is 1. The van der Waals surface area contributed by atoms with E-state index in [4.69, 9.17) is 19.9 Å². The number of carbonyl (C=O) groups excluding carboxylic acids is 2. The average Bonchev–Trinajstić information content (AvgIpc) is 3.85. The van der Waals surface area contributed by atoms with Gasteiger partial charge < -0.3 is 29.8 Å². The second kappa shape index (κ2) is 18.4. The topological polar surface area (TPSA) is 185 Å². The van der Waals surface area contributed by atoms with E-state index in [1.807, 2.05) is 88.4 Å². The molecule has 1 aliphatic rings. The van der Waals surface area contributed by atoms with Gasteiger partial charge in [-0.15, -0.1) is 0 Å². The molecule has 2 atom stereocenters. The molecule has 0 aliphatic heterocycles. The molecular weight excluding hydrogens is 683 g/mol. The Labute approximate surface area is 305 Å². The quantitative estimate of drug-likeness (QED) is 0.0513. The number of hydrogen-bond donors (Lipinski definition) is 4. The van der Waals surface area contributed by atoms with Gasteiger partial charge in [-0.3, -0.25) is 14.2 Å². The monoisotopic (exact) mass is 734 g/mol. The van der Waals surface area contributed by atoms with Crippen LogP contribution >= 0.6 is 7.44 Å². The van der Waals surface area contributed by atoms with Crippen molar-refractivity contribution in [3.8, 4) is 0 Å². The lowest BCUT2D eigenvalue weighted by molar-refractivity contribution is -0.147. The van der Waals surface area contributed by atoms with E-state index in [-0.39, 0.29) is 56.8 Å². The molecule has 0 radical (unpaired) electrons. The van der Waals surface area contributed by atoms with Gasteiger partial charge in [0.1, 0.15) is 18.4 Å². The number of hydrogen-bond acceptors (Lipinski definition) is 11. The summed E-state index contributed by atoms with van der Waals surface area (Å²) in [5, 5.41) is 9.50. The number of imidazole rings is 1. The number of esters is 2. The molecule has 15 heteroatoms. The first-order chi connectivity index (χ1) is 25.0. The van der Waals surface area contributed by atoms with Crippen LogP contribution in [-0.4, -0.2) is 75.8 Å². The number of nitrogens with two attached hydrogens (primary N) is 1. The highest BCUT2D eigenvalue weighted by molar-refractivity contribution is 7.59. The molecule has 2 aromatic heterocycles. The van der Waals surface area contributed by atoms with Gasteiger partial charge in [0.15, 0.2) is 17.0 Å². The summed E-state index contributed by atoms with van der Waals surface area (Å²) >= 11 is 0. The number of benzene rings is 2. The fraction of sp³-hybridized carbons (Fsp3) is 0.486. The van der Waals surface area contributed by atoms with Crippen LogP contribution in [0.5, 0.6) is 0 Å². The molecular formula is C37H51N8O6P. The van der Waals surface area contributed by atoms with E-state index in [1.165, 1.54) is 0 Å². The van der Waals surface area contributed by atoms with E-state index in [9.17, 15) is 9.59 Å². The molecule has 0 saturated heterocycles. The van der Waals surface area contributed by atoms with Crippen molar-refractivity contribution >= 4 is 42.3 Å². The summed E-state index contributed by atoms with van der Waals surface area (Å²) in [6, 6.07) is 17.1. The average molecular weight is 735 g/mol. The van der Waals surface area contributed by atoms with E-state index in [2.05, 4.69) is 30.4 Å². The highest BCUT2D eigenvalue weighted by atomic mass is 31.2. The van der Waals surface area contributed by atoms with Gasteiger partial charge in [-0.2, -0.15) is 9.97 Å². The standard InChI is InChI=1S/C37H51N8O6P/c1-25(2)21-50-35(46)30(19-27-11-7-5-8-12-27)43-52(48,44-31(36(47)51-22-26(3)4)20-28-13-9-6-10-14-28)24-49-18-17-45-23-39-32-33(40-29-15-16-29)41-37(38)42-34(32)45/h5-14,23,25-26,29-31H,15-22,24H2,1-4H3,(H2,43,44,48)(H3,38,40,41,42)/t30-,31-/m0/s1. The van der Waals surface area contributed by atoms with E-state index in [1.54, 1.807) is 10.9 Å². The van der Waals surface area contributed by atoms with Crippen LogP contribution in [0.3, 0.4) is 0 Å². The third kappa shape index (κ3) is 11.8. The predicted molar refractivity (Wildman–Crippen MR) is 201 cm³/mol. The summed E-state index contributed by atoms with van der Waals surface area (Å²) in [7, 11) is -3.89. The third-order valence-corrected chi connectivity index (χ3v) is 10.1. The Morgan fingerprint density at radius 1 is 0.865 bits per heavy atom. The number of nitrogens with zero attached hydrogens (tertiary/aromatic N) is 4. The van der Waals surface area contributed by atoms with Crippen molar-refractivity contribution in [1.82, 2.24) is 29.7 Å². The zero-order valence-electron chi connectivity index (χ0n) is 30.4. The molecule has 0 unspecified atom stereocenters. The second-order valence-corrected chi connectivity index (χ2v) is 16.3. The van der Waals surface area contributed by atoms with E-state index >= 15 is 4.57 Å². The number of nitrogen functional groups attached to an aromatic ring is 1. The summed E-state index contributed by atoms with van der Waals surface area (Å²) < 4.78 is 34.2. The normalized spacial score (nSPS) is 14.4. The Bertz CT molecular complexity index is 1730. The molecule has 4 aromatic rings. The van der Waals surface area contributed by atoms with Gasteiger partial charge in [-0.25, -0.2) is 15.2 Å². The van der Waals surface area contributed by atoms with Crippen molar-refractivity contribution in [2.75, 3.05) is 37.2 Å². The molecule has 280 valence electrons. The summed E-state index contributed by atoms with van der Waals surface area (Å²) in [5.41, 5.74) is 8.86. The smallest absolute Gasteiger partial charge is 0.323 e. The van der Waals surface area contributed by atoms with Crippen LogP contribution in [0.15, 0.2) is 67.0 Å². The van der Waals surface area contributed by atoms with Crippen molar-refractivity contribution in [2.24, 2.45) is 11.8 Å². The second-order valence-electron chi connectivity index (χ2n) is 14.0. The van der Waals surface area contributed by atoms with Gasteiger partial charge >= 0.3 is 11.9 Å². The number of rotatable bonds is 21. The molecule has 5 rings (SSSR count). The largest absolute Gasteiger partial charge is 0.464 e. The minimum absolute atomic E-state index is 0.0982. The minimum Gasteiger partial charge on any atom is -0.464 e. The van der Waals surface area contributed by atoms with Crippen LogP contribution in [0.4, 0.5) is 11.8 Å². The number of ether oxygens (including phenoxy) is 3. The van der Waals surface area contributed by atoms with Gasteiger partial charge in [-0.1, -0.05) is 88.4 Å². The predicted octanol–water partition coefficient (Wildman–Crippen LogP) is 4.95. The zero-order chi connectivity index (χ0) is 37.1. The van der Waals surface area contributed by atoms with Crippen LogP contribution in [-0.2, 0) is 47.8 Å². The number of anilines is 2. The lowest BCUT2D eigenvalue weighted by atomic mass is 10.1. The van der Waals surface area contributed by atoms with Crippen LogP contribution < -0.4 is 21.2 Å². The molecule has 0 spiro atoms. The summed E-state index contributed by atoms with van der Waals surface area (Å²) in [4.78, 5) is 40.3. The first kappa shape index (κ1) is 38.9. The Hall–Kier alpha value is -4.36. The Balaban J connectivity index is 1.38. The Morgan fingerprint density at radius 2 is 1.40 bits per heavy atom. The van der Waals surface area contributed by atoms with Crippen LogP contribution in [0.25, 0.3) is 11.2 Å². The van der Waals surface area contributed by atoms with Gasteiger partial charge in [0, 0.05) is 12.6 Å². The zero-order valence-corrected chi connectivity index (χ0v) is 31.3. The Kier molecular flexibility index (Phi) is 13.8. The molecule has 1 aliphatic carbocycles.